The lowest BCUT2D eigenvalue weighted by molar-refractivity contribution is 0.588. The highest BCUT2D eigenvalue weighted by Crippen LogP contribution is 2.26. The molecular weight excluding hydrogens is 278 g/mol. The Balaban J connectivity index is 2.04. The van der Waals surface area contributed by atoms with Gasteiger partial charge in [-0.05, 0) is 23.6 Å². The zero-order valence-corrected chi connectivity index (χ0v) is 13.9. The maximum atomic E-state index is 4.30. The fraction of sp³-hybridized carbons (Fsp3) is 0.412. The predicted molar refractivity (Wildman–Crippen MR) is 89.7 cm³/mol. The third-order valence-corrected chi connectivity index (χ3v) is 4.47. The molecule has 0 aliphatic carbocycles. The molecule has 0 saturated heterocycles. The van der Waals surface area contributed by atoms with Gasteiger partial charge in [-0.3, -0.25) is 4.98 Å². The maximum Gasteiger partial charge on any atom is 0.114 e. The molecule has 1 aromatic heterocycles. The van der Waals surface area contributed by atoms with Crippen molar-refractivity contribution >= 4 is 11.8 Å². The topological polar surface area (TPSA) is 37.8 Å². The molecule has 2 aromatic rings. The standard InChI is InChI=1S/C17H23N3S/c1-17(2,3)14-7-5-13(6-8-14)15(18-4)12-21-16-11-19-9-10-20-16/h5-11,15,18H,12H2,1-4H3. The van der Waals surface area contributed by atoms with Crippen LogP contribution in [0.3, 0.4) is 0 Å². The zero-order chi connectivity index (χ0) is 15.3. The highest BCUT2D eigenvalue weighted by Gasteiger charge is 2.15. The molecule has 1 N–H and O–H groups in total. The van der Waals surface area contributed by atoms with Gasteiger partial charge < -0.3 is 5.32 Å². The minimum atomic E-state index is 0.196. The molecule has 0 fully saturated rings. The van der Waals surface area contributed by atoms with E-state index < -0.39 is 0 Å². The molecule has 0 aliphatic heterocycles. The van der Waals surface area contributed by atoms with Gasteiger partial charge >= 0.3 is 0 Å². The van der Waals surface area contributed by atoms with Crippen molar-refractivity contribution in [2.45, 2.75) is 37.3 Å². The minimum Gasteiger partial charge on any atom is -0.312 e. The summed E-state index contributed by atoms with van der Waals surface area (Å²) in [5.74, 6) is 0.935. The van der Waals surface area contributed by atoms with Crippen LogP contribution in [0.25, 0.3) is 0 Å². The second-order valence-electron chi connectivity index (χ2n) is 6.07. The summed E-state index contributed by atoms with van der Waals surface area (Å²) in [5.41, 5.74) is 2.87. The van der Waals surface area contributed by atoms with Crippen LogP contribution < -0.4 is 5.32 Å². The van der Waals surface area contributed by atoms with Crippen LogP contribution in [0.2, 0.25) is 0 Å². The fourth-order valence-electron chi connectivity index (χ4n) is 2.09. The van der Waals surface area contributed by atoms with Crippen molar-refractivity contribution in [3.63, 3.8) is 0 Å². The Morgan fingerprint density at radius 2 is 1.86 bits per heavy atom. The van der Waals surface area contributed by atoms with Gasteiger partial charge in [-0.1, -0.05) is 45.0 Å². The lowest BCUT2D eigenvalue weighted by Gasteiger charge is -2.21. The number of thioether (sulfide) groups is 1. The highest BCUT2D eigenvalue weighted by molar-refractivity contribution is 7.99. The summed E-state index contributed by atoms with van der Waals surface area (Å²) >= 11 is 1.72. The average Bonchev–Trinajstić information content (AvgIpc) is 2.48. The van der Waals surface area contributed by atoms with Gasteiger partial charge in [0.25, 0.3) is 0 Å². The maximum absolute atomic E-state index is 4.30. The van der Waals surface area contributed by atoms with Gasteiger partial charge in [0.15, 0.2) is 0 Å². The number of nitrogens with zero attached hydrogens (tertiary/aromatic N) is 2. The van der Waals surface area contributed by atoms with Crippen molar-refractivity contribution in [2.75, 3.05) is 12.8 Å². The van der Waals surface area contributed by atoms with Gasteiger partial charge in [-0.25, -0.2) is 4.98 Å². The zero-order valence-electron chi connectivity index (χ0n) is 13.1. The number of benzene rings is 1. The molecule has 0 spiro atoms. The molecule has 1 aromatic carbocycles. The van der Waals surface area contributed by atoms with Crippen LogP contribution in [0, 0.1) is 0 Å². The molecule has 21 heavy (non-hydrogen) atoms. The lowest BCUT2D eigenvalue weighted by Crippen LogP contribution is -2.19. The average molecular weight is 301 g/mol. The second kappa shape index (κ2) is 7.05. The molecule has 2 rings (SSSR count). The first-order valence-electron chi connectivity index (χ1n) is 7.17. The largest absolute Gasteiger partial charge is 0.312 e. The van der Waals surface area contributed by atoms with Crippen LogP contribution in [-0.2, 0) is 5.41 Å². The van der Waals surface area contributed by atoms with Crippen molar-refractivity contribution in [3.05, 3.63) is 54.0 Å². The molecule has 112 valence electrons. The fourth-order valence-corrected chi connectivity index (χ4v) is 3.06. The smallest absolute Gasteiger partial charge is 0.114 e. The summed E-state index contributed by atoms with van der Waals surface area (Å²) in [6.45, 7) is 6.71. The van der Waals surface area contributed by atoms with Crippen molar-refractivity contribution < 1.29 is 0 Å². The molecule has 1 heterocycles. The van der Waals surface area contributed by atoms with E-state index in [0.717, 1.165) is 10.8 Å². The Labute approximate surface area is 131 Å². The third kappa shape index (κ3) is 4.55. The molecule has 3 nitrogen and oxygen atoms in total. The van der Waals surface area contributed by atoms with Crippen LogP contribution >= 0.6 is 11.8 Å². The first-order valence-corrected chi connectivity index (χ1v) is 8.16. The summed E-state index contributed by atoms with van der Waals surface area (Å²) in [5, 5.41) is 4.34. The normalized spacial score (nSPS) is 13.1. The summed E-state index contributed by atoms with van der Waals surface area (Å²) < 4.78 is 0. The van der Waals surface area contributed by atoms with Crippen molar-refractivity contribution in [1.82, 2.24) is 15.3 Å². The first-order chi connectivity index (χ1) is 10.0. The third-order valence-electron chi connectivity index (χ3n) is 3.46. The van der Waals surface area contributed by atoms with Crippen LogP contribution in [0.1, 0.15) is 37.9 Å². The van der Waals surface area contributed by atoms with E-state index >= 15 is 0 Å². The number of nitrogens with one attached hydrogen (secondary N) is 1. The van der Waals surface area contributed by atoms with E-state index in [-0.39, 0.29) is 5.41 Å². The van der Waals surface area contributed by atoms with Gasteiger partial charge in [0.1, 0.15) is 5.03 Å². The Morgan fingerprint density at radius 3 is 2.38 bits per heavy atom. The molecular formula is C17H23N3S. The molecule has 0 radical (unpaired) electrons. The van der Waals surface area contributed by atoms with Gasteiger partial charge in [0.2, 0.25) is 0 Å². The molecule has 4 heteroatoms. The number of hydrogen-bond acceptors (Lipinski definition) is 4. The SMILES string of the molecule is CNC(CSc1cnccn1)c1ccc(C(C)(C)C)cc1. The summed E-state index contributed by atoms with van der Waals surface area (Å²) in [7, 11) is 2.00. The first kappa shape index (κ1) is 16.0. The lowest BCUT2D eigenvalue weighted by atomic mass is 9.86. The van der Waals surface area contributed by atoms with E-state index in [4.69, 9.17) is 0 Å². The van der Waals surface area contributed by atoms with Crippen molar-refractivity contribution in [1.29, 1.82) is 0 Å². The van der Waals surface area contributed by atoms with Crippen molar-refractivity contribution in [3.8, 4) is 0 Å². The second-order valence-corrected chi connectivity index (χ2v) is 7.11. The van der Waals surface area contributed by atoms with Crippen LogP contribution in [-0.4, -0.2) is 22.8 Å². The Morgan fingerprint density at radius 1 is 1.14 bits per heavy atom. The van der Waals surface area contributed by atoms with E-state index in [9.17, 15) is 0 Å². The highest BCUT2D eigenvalue weighted by atomic mass is 32.2. The molecule has 0 saturated carbocycles. The van der Waals surface area contributed by atoms with Gasteiger partial charge in [0, 0.05) is 24.2 Å². The van der Waals surface area contributed by atoms with E-state index in [1.807, 2.05) is 7.05 Å². The van der Waals surface area contributed by atoms with E-state index in [0.29, 0.717) is 6.04 Å². The summed E-state index contributed by atoms with van der Waals surface area (Å²) in [4.78, 5) is 8.39. The van der Waals surface area contributed by atoms with Gasteiger partial charge in [-0.2, -0.15) is 0 Å². The van der Waals surface area contributed by atoms with Crippen molar-refractivity contribution in [2.24, 2.45) is 0 Å². The van der Waals surface area contributed by atoms with Gasteiger partial charge in [0.05, 0.1) is 6.20 Å². The molecule has 0 aliphatic rings. The minimum absolute atomic E-state index is 0.196. The summed E-state index contributed by atoms with van der Waals surface area (Å²) in [6, 6.07) is 9.21. The molecule has 1 atom stereocenters. The number of aromatic nitrogens is 2. The molecule has 0 bridgehead atoms. The molecule has 0 amide bonds. The van der Waals surface area contributed by atoms with Crippen LogP contribution in [0.15, 0.2) is 47.9 Å². The Bertz CT molecular complexity index is 546. The Kier molecular flexibility index (Phi) is 5.37. The summed E-state index contributed by atoms with van der Waals surface area (Å²) in [6.07, 6.45) is 5.24. The van der Waals surface area contributed by atoms with E-state index in [2.05, 4.69) is 60.3 Å². The number of rotatable bonds is 5. The van der Waals surface area contributed by atoms with E-state index in [1.54, 1.807) is 30.4 Å². The predicted octanol–water partition coefficient (Wildman–Crippen LogP) is 3.83. The van der Waals surface area contributed by atoms with Gasteiger partial charge in [-0.15, -0.1) is 11.8 Å². The quantitative estimate of drug-likeness (QED) is 0.852. The Hall–Kier alpha value is -1.39. The number of hydrogen-bond donors (Lipinski definition) is 1. The van der Waals surface area contributed by atoms with E-state index in [1.165, 1.54) is 11.1 Å². The molecule has 1 unspecified atom stereocenters. The monoisotopic (exact) mass is 301 g/mol. The van der Waals surface area contributed by atoms with Crippen LogP contribution in [0.5, 0.6) is 0 Å². The van der Waals surface area contributed by atoms with Crippen LogP contribution in [0.4, 0.5) is 0 Å².